The van der Waals surface area contributed by atoms with Crippen molar-refractivity contribution in [2.75, 3.05) is 0 Å². The van der Waals surface area contributed by atoms with Crippen LogP contribution < -0.4 is 0 Å². The minimum absolute atomic E-state index is 0.0161. The monoisotopic (exact) mass is 371 g/mol. The number of carbonyl (C=O) groups excluding carboxylic acids is 1. The summed E-state index contributed by atoms with van der Waals surface area (Å²) in [5.41, 5.74) is 1.02. The van der Waals surface area contributed by atoms with Crippen LogP contribution in [-0.2, 0) is 11.3 Å². The number of esters is 1. The first-order valence-corrected chi connectivity index (χ1v) is 7.87. The van der Waals surface area contributed by atoms with Gasteiger partial charge in [0.05, 0.1) is 10.5 Å². The minimum Gasteiger partial charge on any atom is -0.452 e. The first kappa shape index (κ1) is 18.2. The Morgan fingerprint density at radius 1 is 1.30 bits per heavy atom. The standard InChI is InChI=1S/C18H14FN3O5/c1-10-6-7-12(8-14(10)19)17-20-16(27-21-17)9-26-18(23)13-4-3-5-15(11(13)2)22(24)25/h3-8H,9H2,1-2H3. The van der Waals surface area contributed by atoms with Crippen LogP contribution in [0.2, 0.25) is 0 Å². The van der Waals surface area contributed by atoms with E-state index in [1.54, 1.807) is 19.1 Å². The molecule has 0 saturated carbocycles. The maximum atomic E-state index is 13.6. The summed E-state index contributed by atoms with van der Waals surface area (Å²) in [6, 6.07) is 8.65. The van der Waals surface area contributed by atoms with Gasteiger partial charge in [-0.15, -0.1) is 0 Å². The SMILES string of the molecule is Cc1ccc(-c2noc(COC(=O)c3cccc([N+](=O)[O-])c3C)n2)cc1F. The Bertz CT molecular complexity index is 1030. The lowest BCUT2D eigenvalue weighted by Crippen LogP contribution is -2.08. The van der Waals surface area contributed by atoms with Gasteiger partial charge in [-0.2, -0.15) is 4.98 Å². The highest BCUT2D eigenvalue weighted by Gasteiger charge is 2.20. The van der Waals surface area contributed by atoms with Crippen LogP contribution in [-0.4, -0.2) is 21.0 Å². The number of rotatable bonds is 5. The highest BCUT2D eigenvalue weighted by molar-refractivity contribution is 5.92. The fraction of sp³-hybridized carbons (Fsp3) is 0.167. The van der Waals surface area contributed by atoms with E-state index in [4.69, 9.17) is 9.26 Å². The zero-order chi connectivity index (χ0) is 19.6. The molecule has 0 unspecified atom stereocenters. The zero-order valence-electron chi connectivity index (χ0n) is 14.4. The third kappa shape index (κ3) is 3.81. The number of nitro benzene ring substituents is 1. The minimum atomic E-state index is -0.752. The summed E-state index contributed by atoms with van der Waals surface area (Å²) >= 11 is 0. The van der Waals surface area contributed by atoms with E-state index >= 15 is 0 Å². The number of benzene rings is 2. The first-order chi connectivity index (χ1) is 12.9. The summed E-state index contributed by atoms with van der Waals surface area (Å²) < 4.78 is 23.7. The summed E-state index contributed by atoms with van der Waals surface area (Å²) in [5, 5.41) is 14.7. The summed E-state index contributed by atoms with van der Waals surface area (Å²) in [6.45, 7) is 2.78. The number of ether oxygens (including phenoxy) is 1. The first-order valence-electron chi connectivity index (χ1n) is 7.87. The van der Waals surface area contributed by atoms with Gasteiger partial charge >= 0.3 is 5.97 Å². The molecule has 0 saturated heterocycles. The largest absolute Gasteiger partial charge is 0.452 e. The summed E-state index contributed by atoms with van der Waals surface area (Å²) in [5.74, 6) is -0.974. The number of aromatic nitrogens is 2. The fourth-order valence-electron chi connectivity index (χ4n) is 2.41. The van der Waals surface area contributed by atoms with Crippen molar-refractivity contribution < 1.29 is 23.4 Å². The lowest BCUT2D eigenvalue weighted by Gasteiger charge is -2.05. The molecule has 8 nitrogen and oxygen atoms in total. The van der Waals surface area contributed by atoms with Crippen molar-refractivity contribution in [1.82, 2.24) is 10.1 Å². The van der Waals surface area contributed by atoms with E-state index in [9.17, 15) is 19.3 Å². The molecule has 3 aromatic rings. The van der Waals surface area contributed by atoms with E-state index in [0.29, 0.717) is 11.1 Å². The third-order valence-corrected chi connectivity index (χ3v) is 3.95. The van der Waals surface area contributed by atoms with E-state index in [0.717, 1.165) is 0 Å². The predicted molar refractivity (Wildman–Crippen MR) is 91.4 cm³/mol. The molecule has 0 N–H and O–H groups in total. The van der Waals surface area contributed by atoms with E-state index in [-0.39, 0.29) is 35.1 Å². The molecule has 0 aliphatic carbocycles. The molecular weight excluding hydrogens is 357 g/mol. The lowest BCUT2D eigenvalue weighted by molar-refractivity contribution is -0.385. The quantitative estimate of drug-likeness (QED) is 0.382. The molecule has 2 aromatic carbocycles. The molecule has 0 atom stereocenters. The van der Waals surface area contributed by atoms with Crippen molar-refractivity contribution in [3.05, 3.63) is 74.9 Å². The van der Waals surface area contributed by atoms with Crippen molar-refractivity contribution >= 4 is 11.7 Å². The van der Waals surface area contributed by atoms with E-state index in [2.05, 4.69) is 10.1 Å². The van der Waals surface area contributed by atoms with E-state index in [1.165, 1.54) is 31.2 Å². The van der Waals surface area contributed by atoms with Gasteiger partial charge in [-0.3, -0.25) is 10.1 Å². The summed E-state index contributed by atoms with van der Waals surface area (Å²) in [6.07, 6.45) is 0. The molecule has 0 aliphatic rings. The van der Waals surface area contributed by atoms with Gasteiger partial charge < -0.3 is 9.26 Å². The molecule has 1 aromatic heterocycles. The van der Waals surface area contributed by atoms with E-state index < -0.39 is 16.7 Å². The van der Waals surface area contributed by atoms with Crippen LogP contribution in [0.4, 0.5) is 10.1 Å². The molecule has 138 valence electrons. The number of carbonyl (C=O) groups is 1. The van der Waals surface area contributed by atoms with Crippen LogP contribution in [0.25, 0.3) is 11.4 Å². The van der Waals surface area contributed by atoms with Gasteiger partial charge in [-0.25, -0.2) is 9.18 Å². The van der Waals surface area contributed by atoms with Gasteiger partial charge in [0.2, 0.25) is 5.82 Å². The molecule has 0 bridgehead atoms. The smallest absolute Gasteiger partial charge is 0.339 e. The second-order valence-corrected chi connectivity index (χ2v) is 5.76. The molecule has 9 heteroatoms. The molecular formula is C18H14FN3O5. The number of hydrogen-bond acceptors (Lipinski definition) is 7. The number of hydrogen-bond donors (Lipinski definition) is 0. The van der Waals surface area contributed by atoms with Crippen molar-refractivity contribution in [2.45, 2.75) is 20.5 Å². The molecule has 3 rings (SSSR count). The third-order valence-electron chi connectivity index (χ3n) is 3.95. The molecule has 0 fully saturated rings. The Balaban J connectivity index is 1.72. The van der Waals surface area contributed by atoms with Crippen LogP contribution in [0.1, 0.15) is 27.4 Å². The van der Waals surface area contributed by atoms with Crippen LogP contribution >= 0.6 is 0 Å². The van der Waals surface area contributed by atoms with Crippen LogP contribution in [0, 0.1) is 29.8 Å². The van der Waals surface area contributed by atoms with Crippen molar-refractivity contribution in [3.8, 4) is 11.4 Å². The average molecular weight is 371 g/mol. The van der Waals surface area contributed by atoms with Gasteiger partial charge in [0.1, 0.15) is 5.82 Å². The second-order valence-electron chi connectivity index (χ2n) is 5.76. The Kier molecular flexibility index (Phi) is 4.93. The lowest BCUT2D eigenvalue weighted by atomic mass is 10.1. The van der Waals surface area contributed by atoms with E-state index in [1.807, 2.05) is 0 Å². The molecule has 0 aliphatic heterocycles. The van der Waals surface area contributed by atoms with Crippen molar-refractivity contribution in [3.63, 3.8) is 0 Å². The number of aryl methyl sites for hydroxylation is 1. The second kappa shape index (κ2) is 7.32. The average Bonchev–Trinajstić information content (AvgIpc) is 3.11. The van der Waals surface area contributed by atoms with Crippen molar-refractivity contribution in [1.29, 1.82) is 0 Å². The van der Waals surface area contributed by atoms with Crippen LogP contribution in [0.15, 0.2) is 40.9 Å². The highest BCUT2D eigenvalue weighted by atomic mass is 19.1. The number of halogens is 1. The fourth-order valence-corrected chi connectivity index (χ4v) is 2.41. The van der Waals surface area contributed by atoms with Gasteiger partial charge in [-0.1, -0.05) is 23.4 Å². The molecule has 1 heterocycles. The number of nitrogens with zero attached hydrogens (tertiary/aromatic N) is 3. The van der Waals surface area contributed by atoms with Crippen LogP contribution in [0.3, 0.4) is 0 Å². The Morgan fingerprint density at radius 2 is 2.07 bits per heavy atom. The van der Waals surface area contributed by atoms with Gasteiger partial charge in [0, 0.05) is 17.2 Å². The summed E-state index contributed by atoms with van der Waals surface area (Å²) in [7, 11) is 0. The van der Waals surface area contributed by atoms with Crippen LogP contribution in [0.5, 0.6) is 0 Å². The topological polar surface area (TPSA) is 108 Å². The molecule has 0 spiro atoms. The molecule has 0 radical (unpaired) electrons. The molecule has 27 heavy (non-hydrogen) atoms. The zero-order valence-corrected chi connectivity index (χ0v) is 14.4. The molecule has 0 amide bonds. The highest BCUT2D eigenvalue weighted by Crippen LogP contribution is 2.22. The maximum Gasteiger partial charge on any atom is 0.339 e. The van der Waals surface area contributed by atoms with Gasteiger partial charge in [0.25, 0.3) is 11.6 Å². The predicted octanol–water partition coefficient (Wildman–Crippen LogP) is 3.76. The van der Waals surface area contributed by atoms with Gasteiger partial charge in [-0.05, 0) is 31.5 Å². The Labute approximate surface area is 152 Å². The Hall–Kier alpha value is -3.62. The maximum absolute atomic E-state index is 13.6. The Morgan fingerprint density at radius 3 is 2.78 bits per heavy atom. The van der Waals surface area contributed by atoms with Gasteiger partial charge in [0.15, 0.2) is 6.61 Å². The normalized spacial score (nSPS) is 10.6. The summed E-state index contributed by atoms with van der Waals surface area (Å²) in [4.78, 5) is 26.6. The number of nitro groups is 1. The van der Waals surface area contributed by atoms with Crippen molar-refractivity contribution in [2.24, 2.45) is 0 Å².